The Morgan fingerprint density at radius 1 is 0.938 bits per heavy atom. The molecule has 3 aromatic rings. The van der Waals surface area contributed by atoms with E-state index in [0.29, 0.717) is 0 Å². The van der Waals surface area contributed by atoms with Gasteiger partial charge in [-0.2, -0.15) is 5.10 Å². The largest absolute Gasteiger partial charge is 0.456 e. The van der Waals surface area contributed by atoms with Crippen LogP contribution in [0.2, 0.25) is 0 Å². The van der Waals surface area contributed by atoms with Crippen molar-refractivity contribution in [1.82, 2.24) is 10.2 Å². The number of fused-ring (bicyclic) bond motifs is 2. The van der Waals surface area contributed by atoms with Crippen LogP contribution in [0.15, 0.2) is 42.5 Å². The first-order valence-corrected chi connectivity index (χ1v) is 5.18. The lowest BCUT2D eigenvalue weighted by Crippen LogP contribution is -1.94. The van der Waals surface area contributed by atoms with Gasteiger partial charge in [-0.05, 0) is 24.3 Å². The summed E-state index contributed by atoms with van der Waals surface area (Å²) in [6, 6.07) is 13.9. The molecular formula is C13H8N2O. The van der Waals surface area contributed by atoms with Crippen LogP contribution in [0.1, 0.15) is 0 Å². The lowest BCUT2D eigenvalue weighted by atomic mass is 10.0. The number of nitrogens with one attached hydrogen (secondary N) is 1. The van der Waals surface area contributed by atoms with E-state index in [9.17, 15) is 0 Å². The molecule has 0 fully saturated rings. The molecule has 0 spiro atoms. The molecule has 0 unspecified atom stereocenters. The molecule has 0 saturated carbocycles. The van der Waals surface area contributed by atoms with Crippen molar-refractivity contribution >= 4 is 10.9 Å². The van der Waals surface area contributed by atoms with Crippen molar-refractivity contribution in [2.45, 2.75) is 0 Å². The smallest absolute Gasteiger partial charge is 0.139 e. The van der Waals surface area contributed by atoms with Gasteiger partial charge in [0.2, 0.25) is 0 Å². The van der Waals surface area contributed by atoms with E-state index in [-0.39, 0.29) is 0 Å². The summed E-state index contributed by atoms with van der Waals surface area (Å²) in [6.07, 6.45) is 0. The van der Waals surface area contributed by atoms with E-state index in [2.05, 4.69) is 10.2 Å². The van der Waals surface area contributed by atoms with E-state index in [1.54, 1.807) is 0 Å². The Morgan fingerprint density at radius 3 is 2.81 bits per heavy atom. The molecule has 1 N–H and O–H groups in total. The number of rotatable bonds is 0. The van der Waals surface area contributed by atoms with E-state index < -0.39 is 0 Å². The molecule has 4 rings (SSSR count). The second-order valence-electron chi connectivity index (χ2n) is 3.85. The average molecular weight is 208 g/mol. The number of benzene rings is 2. The highest BCUT2D eigenvalue weighted by Gasteiger charge is 2.21. The molecule has 1 aliphatic rings. The molecule has 1 aliphatic heterocycles. The molecule has 0 radical (unpaired) electrons. The zero-order valence-electron chi connectivity index (χ0n) is 8.40. The summed E-state index contributed by atoms with van der Waals surface area (Å²) >= 11 is 0. The highest BCUT2D eigenvalue weighted by Crippen LogP contribution is 2.44. The molecule has 0 saturated heterocycles. The summed E-state index contributed by atoms with van der Waals surface area (Å²) in [5.74, 6) is 1.74. The number of H-pyrrole nitrogens is 1. The lowest BCUT2D eigenvalue weighted by Gasteiger charge is -2.15. The summed E-state index contributed by atoms with van der Waals surface area (Å²) in [4.78, 5) is 0. The topological polar surface area (TPSA) is 37.9 Å². The second kappa shape index (κ2) is 2.64. The number of hydrogen-bond donors (Lipinski definition) is 1. The van der Waals surface area contributed by atoms with Gasteiger partial charge in [-0.15, -0.1) is 0 Å². The van der Waals surface area contributed by atoms with Crippen LogP contribution in [0.3, 0.4) is 0 Å². The molecule has 16 heavy (non-hydrogen) atoms. The fraction of sp³-hybridized carbons (Fsp3) is 0. The maximum Gasteiger partial charge on any atom is 0.139 e. The number of para-hydroxylation sites is 1. The van der Waals surface area contributed by atoms with Gasteiger partial charge < -0.3 is 4.74 Å². The molecule has 0 bridgehead atoms. The van der Waals surface area contributed by atoms with Gasteiger partial charge in [0.25, 0.3) is 0 Å². The van der Waals surface area contributed by atoms with Crippen LogP contribution in [-0.2, 0) is 0 Å². The van der Waals surface area contributed by atoms with Crippen molar-refractivity contribution in [2.24, 2.45) is 0 Å². The van der Waals surface area contributed by atoms with E-state index in [4.69, 9.17) is 4.74 Å². The highest BCUT2D eigenvalue weighted by molar-refractivity contribution is 6.00. The van der Waals surface area contributed by atoms with E-state index in [1.807, 2.05) is 42.5 Å². The van der Waals surface area contributed by atoms with Gasteiger partial charge in [-0.25, -0.2) is 0 Å². The average Bonchev–Trinajstić information content (AvgIpc) is 2.76. The van der Waals surface area contributed by atoms with Crippen molar-refractivity contribution in [3.8, 4) is 22.8 Å². The van der Waals surface area contributed by atoms with Gasteiger partial charge in [0.05, 0.1) is 10.9 Å². The number of nitrogens with zero attached hydrogens (tertiary/aromatic N) is 1. The van der Waals surface area contributed by atoms with Crippen LogP contribution >= 0.6 is 0 Å². The molecule has 1 aromatic heterocycles. The first kappa shape index (κ1) is 7.93. The normalized spacial score (nSPS) is 12.2. The van der Waals surface area contributed by atoms with Gasteiger partial charge in [0.1, 0.15) is 17.2 Å². The fourth-order valence-electron chi connectivity index (χ4n) is 2.19. The van der Waals surface area contributed by atoms with Crippen molar-refractivity contribution in [1.29, 1.82) is 0 Å². The molecule has 0 aliphatic carbocycles. The van der Waals surface area contributed by atoms with Crippen molar-refractivity contribution < 1.29 is 4.74 Å². The second-order valence-corrected chi connectivity index (χ2v) is 3.85. The molecular weight excluding hydrogens is 200 g/mol. The van der Waals surface area contributed by atoms with Crippen molar-refractivity contribution in [3.63, 3.8) is 0 Å². The molecule has 3 heteroatoms. The third-order valence-corrected chi connectivity index (χ3v) is 2.91. The summed E-state index contributed by atoms with van der Waals surface area (Å²) in [6.45, 7) is 0. The Morgan fingerprint density at radius 2 is 1.81 bits per heavy atom. The molecule has 2 heterocycles. The standard InChI is InChI=1S/C13H8N2O/c1-2-6-10-8(4-1)13-12-9(14-15-13)5-3-7-11(12)16-10/h1-7H,(H,14,15). The number of ether oxygens (including phenoxy) is 1. The van der Waals surface area contributed by atoms with Crippen LogP contribution in [0, 0.1) is 0 Å². The Kier molecular flexibility index (Phi) is 1.31. The van der Waals surface area contributed by atoms with Crippen molar-refractivity contribution in [3.05, 3.63) is 42.5 Å². The Bertz CT molecular complexity index is 700. The fourth-order valence-corrected chi connectivity index (χ4v) is 2.19. The minimum atomic E-state index is 0.870. The monoisotopic (exact) mass is 208 g/mol. The third-order valence-electron chi connectivity index (χ3n) is 2.91. The predicted molar refractivity (Wildman–Crippen MR) is 61.6 cm³/mol. The maximum atomic E-state index is 5.85. The van der Waals surface area contributed by atoms with Crippen LogP contribution in [0.4, 0.5) is 0 Å². The van der Waals surface area contributed by atoms with Crippen LogP contribution in [0.5, 0.6) is 11.5 Å². The SMILES string of the molecule is c1ccc2c(c1)Oc1cccc3[nH]nc-2c13. The van der Waals surface area contributed by atoms with Crippen LogP contribution in [-0.4, -0.2) is 10.2 Å². The molecule has 3 nitrogen and oxygen atoms in total. The Labute approximate surface area is 91.7 Å². The summed E-state index contributed by atoms with van der Waals surface area (Å²) in [5, 5.41) is 8.46. The maximum absolute atomic E-state index is 5.85. The minimum absolute atomic E-state index is 0.870. The lowest BCUT2D eigenvalue weighted by molar-refractivity contribution is 0.487. The number of aromatic amines is 1. The minimum Gasteiger partial charge on any atom is -0.456 e. The number of aromatic nitrogens is 2. The molecule has 0 amide bonds. The van der Waals surface area contributed by atoms with Gasteiger partial charge in [-0.3, -0.25) is 5.10 Å². The summed E-state index contributed by atoms with van der Waals surface area (Å²) in [5.41, 5.74) is 3.04. The van der Waals surface area contributed by atoms with Gasteiger partial charge in [0, 0.05) is 5.56 Å². The molecule has 76 valence electrons. The van der Waals surface area contributed by atoms with Gasteiger partial charge >= 0.3 is 0 Å². The van der Waals surface area contributed by atoms with E-state index in [0.717, 1.165) is 33.7 Å². The van der Waals surface area contributed by atoms with E-state index in [1.165, 1.54) is 0 Å². The van der Waals surface area contributed by atoms with Crippen molar-refractivity contribution in [2.75, 3.05) is 0 Å². The molecule has 0 atom stereocenters. The Balaban J connectivity index is 2.21. The highest BCUT2D eigenvalue weighted by atomic mass is 16.5. The summed E-state index contributed by atoms with van der Waals surface area (Å²) in [7, 11) is 0. The first-order valence-electron chi connectivity index (χ1n) is 5.18. The zero-order chi connectivity index (χ0) is 10.5. The van der Waals surface area contributed by atoms with Crippen LogP contribution < -0.4 is 4.74 Å². The predicted octanol–water partition coefficient (Wildman–Crippen LogP) is 3.34. The third kappa shape index (κ3) is 0.852. The van der Waals surface area contributed by atoms with Crippen LogP contribution in [0.25, 0.3) is 22.2 Å². The Hall–Kier alpha value is -2.29. The van der Waals surface area contributed by atoms with E-state index >= 15 is 0 Å². The first-order chi connectivity index (χ1) is 7.93. The molecule has 2 aromatic carbocycles. The quantitative estimate of drug-likeness (QED) is 0.481. The van der Waals surface area contributed by atoms with Gasteiger partial charge in [0.15, 0.2) is 0 Å². The van der Waals surface area contributed by atoms with Gasteiger partial charge in [-0.1, -0.05) is 18.2 Å². The number of hydrogen-bond acceptors (Lipinski definition) is 2. The summed E-state index contributed by atoms with van der Waals surface area (Å²) < 4.78 is 5.85. The zero-order valence-corrected chi connectivity index (χ0v) is 8.40.